The van der Waals surface area contributed by atoms with Crippen LogP contribution in [0.2, 0.25) is 0 Å². The van der Waals surface area contributed by atoms with E-state index in [9.17, 15) is 5.11 Å². The van der Waals surface area contributed by atoms with Crippen molar-refractivity contribution in [2.75, 3.05) is 7.11 Å². The maximum Gasteiger partial charge on any atom is 0.142 e. The van der Waals surface area contributed by atoms with E-state index in [0.29, 0.717) is 5.52 Å². The quantitative estimate of drug-likeness (QED) is 0.812. The number of phenols is 1. The van der Waals surface area contributed by atoms with Gasteiger partial charge in [-0.05, 0) is 31.2 Å². The zero-order valence-electron chi connectivity index (χ0n) is 8.52. The molecule has 0 aliphatic heterocycles. The van der Waals surface area contributed by atoms with Crippen molar-refractivity contribution in [3.05, 3.63) is 30.0 Å². The van der Waals surface area contributed by atoms with Gasteiger partial charge in [0.15, 0.2) is 0 Å². The smallest absolute Gasteiger partial charge is 0.142 e. The lowest BCUT2D eigenvalue weighted by atomic mass is 10.1. The molecule has 0 aliphatic carbocycles. The summed E-state index contributed by atoms with van der Waals surface area (Å²) >= 11 is 0. The Balaban J connectivity index is 0.00000112. The zero-order valence-corrected chi connectivity index (χ0v) is 9.34. The summed E-state index contributed by atoms with van der Waals surface area (Å²) in [6.45, 7) is 1.89. The number of benzene rings is 1. The largest absolute Gasteiger partial charge is 0.506 e. The van der Waals surface area contributed by atoms with E-state index in [1.54, 1.807) is 19.2 Å². The van der Waals surface area contributed by atoms with Gasteiger partial charge in [-0.3, -0.25) is 0 Å². The van der Waals surface area contributed by atoms with Gasteiger partial charge in [0, 0.05) is 11.1 Å². The summed E-state index contributed by atoms with van der Waals surface area (Å²) in [6.07, 6.45) is 0. The molecule has 1 N–H and O–H groups in total. The molecule has 1 aromatic carbocycles. The predicted octanol–water partition coefficient (Wildman–Crippen LogP) is 2.68. The van der Waals surface area contributed by atoms with E-state index in [1.807, 2.05) is 19.1 Å². The number of hydrogen-bond donors (Lipinski definition) is 1. The molecule has 0 saturated carbocycles. The highest BCUT2D eigenvalue weighted by atomic mass is 35.5. The van der Waals surface area contributed by atoms with Crippen LogP contribution in [0.4, 0.5) is 0 Å². The third-order valence-corrected chi connectivity index (χ3v) is 2.16. The van der Waals surface area contributed by atoms with Gasteiger partial charge in [0.25, 0.3) is 0 Å². The number of phenolic OH excluding ortho intramolecular Hbond substituents is 1. The molecule has 0 radical (unpaired) electrons. The van der Waals surface area contributed by atoms with Gasteiger partial charge in [0.2, 0.25) is 0 Å². The Labute approximate surface area is 94.1 Å². The van der Waals surface area contributed by atoms with Crippen LogP contribution in [-0.4, -0.2) is 17.2 Å². The first-order valence-corrected chi connectivity index (χ1v) is 4.35. The van der Waals surface area contributed by atoms with Crippen molar-refractivity contribution >= 4 is 23.3 Å². The minimum atomic E-state index is 0. The van der Waals surface area contributed by atoms with Crippen LogP contribution in [-0.2, 0) is 0 Å². The molecule has 0 bridgehead atoms. The molecule has 0 saturated heterocycles. The molecule has 0 atom stereocenters. The van der Waals surface area contributed by atoms with Crippen molar-refractivity contribution in [1.82, 2.24) is 4.98 Å². The van der Waals surface area contributed by atoms with Gasteiger partial charge >= 0.3 is 0 Å². The molecule has 15 heavy (non-hydrogen) atoms. The third-order valence-electron chi connectivity index (χ3n) is 2.16. The Morgan fingerprint density at radius 3 is 2.60 bits per heavy atom. The number of halogens is 1. The summed E-state index contributed by atoms with van der Waals surface area (Å²) in [5.41, 5.74) is 1.46. The van der Waals surface area contributed by atoms with E-state index in [4.69, 9.17) is 4.74 Å². The van der Waals surface area contributed by atoms with Crippen molar-refractivity contribution < 1.29 is 9.84 Å². The predicted molar refractivity (Wildman–Crippen MR) is 61.9 cm³/mol. The summed E-state index contributed by atoms with van der Waals surface area (Å²) in [5.74, 6) is 0.912. The highest BCUT2D eigenvalue weighted by Crippen LogP contribution is 2.30. The topological polar surface area (TPSA) is 42.4 Å². The van der Waals surface area contributed by atoms with Crippen LogP contribution in [0.5, 0.6) is 11.5 Å². The normalized spacial score (nSPS) is 9.73. The molecule has 1 aromatic heterocycles. The highest BCUT2D eigenvalue weighted by Gasteiger charge is 2.06. The SMILES string of the molecule is COc1ccc(O)c2nc(C)ccc12.Cl. The first-order valence-electron chi connectivity index (χ1n) is 4.35. The van der Waals surface area contributed by atoms with E-state index in [1.165, 1.54) is 0 Å². The van der Waals surface area contributed by atoms with Gasteiger partial charge < -0.3 is 9.84 Å². The number of fused-ring (bicyclic) bond motifs is 1. The fourth-order valence-electron chi connectivity index (χ4n) is 1.45. The first kappa shape index (κ1) is 11.6. The fourth-order valence-corrected chi connectivity index (χ4v) is 1.45. The number of nitrogens with zero attached hydrogens (tertiary/aromatic N) is 1. The molecular weight excluding hydrogens is 214 g/mol. The maximum absolute atomic E-state index is 9.60. The van der Waals surface area contributed by atoms with E-state index in [0.717, 1.165) is 16.8 Å². The second-order valence-electron chi connectivity index (χ2n) is 3.14. The van der Waals surface area contributed by atoms with E-state index >= 15 is 0 Å². The summed E-state index contributed by atoms with van der Waals surface area (Å²) in [5, 5.41) is 10.4. The van der Waals surface area contributed by atoms with Crippen LogP contribution >= 0.6 is 12.4 Å². The van der Waals surface area contributed by atoms with E-state index in [-0.39, 0.29) is 18.2 Å². The Morgan fingerprint density at radius 2 is 1.93 bits per heavy atom. The molecule has 0 aliphatic rings. The van der Waals surface area contributed by atoms with Gasteiger partial charge in [-0.25, -0.2) is 4.98 Å². The lowest BCUT2D eigenvalue weighted by Crippen LogP contribution is -1.88. The van der Waals surface area contributed by atoms with Crippen LogP contribution in [0.25, 0.3) is 10.9 Å². The Morgan fingerprint density at radius 1 is 1.20 bits per heavy atom. The second-order valence-corrected chi connectivity index (χ2v) is 3.14. The molecule has 0 amide bonds. The minimum absolute atomic E-state index is 0. The highest BCUT2D eigenvalue weighted by molar-refractivity contribution is 5.89. The van der Waals surface area contributed by atoms with Gasteiger partial charge in [-0.1, -0.05) is 0 Å². The molecule has 80 valence electrons. The number of pyridine rings is 1. The summed E-state index contributed by atoms with van der Waals surface area (Å²) in [4.78, 5) is 4.25. The molecule has 0 fully saturated rings. The van der Waals surface area contributed by atoms with Crippen molar-refractivity contribution in [3.63, 3.8) is 0 Å². The fraction of sp³-hybridized carbons (Fsp3) is 0.182. The number of aromatic nitrogens is 1. The monoisotopic (exact) mass is 225 g/mol. The lowest BCUT2D eigenvalue weighted by molar-refractivity contribution is 0.418. The van der Waals surface area contributed by atoms with Crippen molar-refractivity contribution in [3.8, 4) is 11.5 Å². The summed E-state index contributed by atoms with van der Waals surface area (Å²) in [7, 11) is 1.60. The van der Waals surface area contributed by atoms with Gasteiger partial charge in [0.05, 0.1) is 7.11 Å². The Bertz CT molecular complexity index is 485. The van der Waals surface area contributed by atoms with Gasteiger partial charge in [-0.2, -0.15) is 0 Å². The number of ether oxygens (including phenoxy) is 1. The number of aryl methyl sites for hydroxylation is 1. The van der Waals surface area contributed by atoms with E-state index in [2.05, 4.69) is 4.98 Å². The second kappa shape index (κ2) is 4.36. The Hall–Kier alpha value is -1.48. The number of methoxy groups -OCH3 is 1. The Kier molecular flexibility index (Phi) is 3.37. The zero-order chi connectivity index (χ0) is 10.1. The molecule has 1 heterocycles. The number of hydrogen-bond acceptors (Lipinski definition) is 3. The van der Waals surface area contributed by atoms with Crippen LogP contribution < -0.4 is 4.74 Å². The summed E-state index contributed by atoms with van der Waals surface area (Å²) < 4.78 is 5.17. The third kappa shape index (κ3) is 1.97. The molecular formula is C11H12ClNO2. The molecule has 0 spiro atoms. The standard InChI is InChI=1S/C11H11NO2.ClH/c1-7-3-4-8-10(14-2)6-5-9(13)11(8)12-7;/h3-6,13H,1-2H3;1H. The molecule has 4 heteroatoms. The first-order chi connectivity index (χ1) is 6.72. The van der Waals surface area contributed by atoms with Crippen molar-refractivity contribution in [2.24, 2.45) is 0 Å². The van der Waals surface area contributed by atoms with E-state index < -0.39 is 0 Å². The van der Waals surface area contributed by atoms with Crippen molar-refractivity contribution in [2.45, 2.75) is 6.92 Å². The molecule has 2 aromatic rings. The van der Waals surface area contributed by atoms with Gasteiger partial charge in [0.1, 0.15) is 17.0 Å². The average molecular weight is 226 g/mol. The molecule has 2 rings (SSSR count). The van der Waals surface area contributed by atoms with Crippen LogP contribution in [0.3, 0.4) is 0 Å². The van der Waals surface area contributed by atoms with Crippen molar-refractivity contribution in [1.29, 1.82) is 0 Å². The van der Waals surface area contributed by atoms with Gasteiger partial charge in [-0.15, -0.1) is 12.4 Å². The van der Waals surface area contributed by atoms with Crippen LogP contribution in [0.1, 0.15) is 5.69 Å². The number of aromatic hydroxyl groups is 1. The molecule has 3 nitrogen and oxygen atoms in total. The lowest BCUT2D eigenvalue weighted by Gasteiger charge is -2.06. The minimum Gasteiger partial charge on any atom is -0.506 e. The average Bonchev–Trinajstić information content (AvgIpc) is 2.19. The maximum atomic E-state index is 9.60. The summed E-state index contributed by atoms with van der Waals surface area (Å²) in [6, 6.07) is 7.11. The van der Waals surface area contributed by atoms with Crippen LogP contribution in [0.15, 0.2) is 24.3 Å². The number of rotatable bonds is 1. The molecule has 0 unspecified atom stereocenters. The van der Waals surface area contributed by atoms with Crippen LogP contribution in [0, 0.1) is 6.92 Å².